The summed E-state index contributed by atoms with van der Waals surface area (Å²) in [6.45, 7) is 3.09. The number of aliphatic imine (C=N–C) groups is 1. The second-order valence-corrected chi connectivity index (χ2v) is 6.45. The van der Waals surface area contributed by atoms with Crippen molar-refractivity contribution >= 4 is 5.96 Å². The van der Waals surface area contributed by atoms with Gasteiger partial charge in [-0.3, -0.25) is 4.99 Å². The van der Waals surface area contributed by atoms with Crippen LogP contribution in [0.4, 0.5) is 0 Å². The van der Waals surface area contributed by atoms with Crippen LogP contribution in [0.3, 0.4) is 0 Å². The Balaban J connectivity index is 1.91. The summed E-state index contributed by atoms with van der Waals surface area (Å²) < 4.78 is 27.3. The lowest BCUT2D eigenvalue weighted by molar-refractivity contribution is 0.223. The maximum atomic E-state index is 5.93. The zero-order valence-corrected chi connectivity index (χ0v) is 18.4. The minimum Gasteiger partial charge on any atom is -0.497 e. The number of nitrogens with zero attached hydrogens (tertiary/aromatic N) is 1. The van der Waals surface area contributed by atoms with E-state index in [9.17, 15) is 0 Å². The molecule has 0 saturated heterocycles. The van der Waals surface area contributed by atoms with Gasteiger partial charge in [0.2, 0.25) is 5.75 Å². The van der Waals surface area contributed by atoms with E-state index in [0.29, 0.717) is 36.3 Å². The summed E-state index contributed by atoms with van der Waals surface area (Å²) in [4.78, 5) is 4.26. The Hall–Kier alpha value is -3.29. The quantitative estimate of drug-likeness (QED) is 0.454. The molecule has 164 valence electrons. The molecule has 8 nitrogen and oxygen atoms in total. The molecule has 0 aromatic heterocycles. The number of ether oxygens (including phenoxy) is 5. The van der Waals surface area contributed by atoms with Gasteiger partial charge in [-0.25, -0.2) is 0 Å². The van der Waals surface area contributed by atoms with E-state index in [1.54, 1.807) is 35.5 Å². The second kappa shape index (κ2) is 11.6. The van der Waals surface area contributed by atoms with Crippen LogP contribution in [-0.4, -0.2) is 54.1 Å². The van der Waals surface area contributed by atoms with Crippen LogP contribution in [-0.2, 0) is 6.54 Å². The Kier molecular flexibility index (Phi) is 8.93. The number of hydrogen-bond acceptors (Lipinski definition) is 6. The van der Waals surface area contributed by atoms with Crippen molar-refractivity contribution in [1.82, 2.24) is 10.6 Å². The Morgan fingerprint density at radius 2 is 1.57 bits per heavy atom. The summed E-state index contributed by atoms with van der Waals surface area (Å²) in [5.74, 6) is 3.95. The van der Waals surface area contributed by atoms with E-state index in [4.69, 9.17) is 23.7 Å². The molecule has 0 aliphatic rings. The van der Waals surface area contributed by atoms with Gasteiger partial charge in [-0.2, -0.15) is 0 Å². The molecule has 2 N–H and O–H groups in total. The summed E-state index contributed by atoms with van der Waals surface area (Å²) in [7, 11) is 8.13. The number of hydrogen-bond donors (Lipinski definition) is 2. The van der Waals surface area contributed by atoms with Crippen LogP contribution < -0.4 is 34.3 Å². The van der Waals surface area contributed by atoms with Crippen LogP contribution in [0.2, 0.25) is 0 Å². The molecule has 0 aliphatic heterocycles. The Morgan fingerprint density at radius 3 is 2.13 bits per heavy atom. The highest BCUT2D eigenvalue weighted by atomic mass is 16.5. The first-order chi connectivity index (χ1) is 14.5. The standard InChI is InChI=1S/C22H31N3O5/c1-15(30-18-9-7-8-17(12-18)26-3)13-24-22(23-2)25-14-16-10-19(27-4)21(29-6)20(11-16)28-5/h7-12,15H,13-14H2,1-6H3,(H2,23,24,25). The van der Waals surface area contributed by atoms with E-state index in [1.807, 2.05) is 43.3 Å². The van der Waals surface area contributed by atoms with Gasteiger partial charge in [0.15, 0.2) is 17.5 Å². The van der Waals surface area contributed by atoms with Crippen LogP contribution in [0.1, 0.15) is 12.5 Å². The van der Waals surface area contributed by atoms with Gasteiger partial charge >= 0.3 is 0 Å². The summed E-state index contributed by atoms with van der Waals surface area (Å²) >= 11 is 0. The zero-order chi connectivity index (χ0) is 21.9. The van der Waals surface area contributed by atoms with Crippen LogP contribution in [0.5, 0.6) is 28.7 Å². The first-order valence-corrected chi connectivity index (χ1v) is 9.58. The van der Waals surface area contributed by atoms with Crippen LogP contribution >= 0.6 is 0 Å². The highest BCUT2D eigenvalue weighted by molar-refractivity contribution is 5.79. The lowest BCUT2D eigenvalue weighted by atomic mass is 10.2. The van der Waals surface area contributed by atoms with Crippen molar-refractivity contribution in [2.75, 3.05) is 42.0 Å². The molecule has 0 heterocycles. The lowest BCUT2D eigenvalue weighted by Gasteiger charge is -2.19. The Labute approximate surface area is 178 Å². The van der Waals surface area contributed by atoms with Gasteiger partial charge in [-0.05, 0) is 36.8 Å². The van der Waals surface area contributed by atoms with Crippen molar-refractivity contribution in [2.24, 2.45) is 4.99 Å². The molecule has 2 aromatic rings. The maximum absolute atomic E-state index is 5.93. The van der Waals surface area contributed by atoms with Crippen molar-refractivity contribution in [1.29, 1.82) is 0 Å². The van der Waals surface area contributed by atoms with E-state index >= 15 is 0 Å². The number of methoxy groups -OCH3 is 4. The topological polar surface area (TPSA) is 82.6 Å². The molecule has 30 heavy (non-hydrogen) atoms. The van der Waals surface area contributed by atoms with Gasteiger partial charge in [0.25, 0.3) is 0 Å². The molecule has 8 heteroatoms. The van der Waals surface area contributed by atoms with Crippen LogP contribution in [0.15, 0.2) is 41.4 Å². The lowest BCUT2D eigenvalue weighted by Crippen LogP contribution is -2.41. The normalized spacial score (nSPS) is 12.0. The molecule has 0 spiro atoms. The van der Waals surface area contributed by atoms with Crippen LogP contribution in [0, 0.1) is 0 Å². The second-order valence-electron chi connectivity index (χ2n) is 6.45. The van der Waals surface area contributed by atoms with Crippen molar-refractivity contribution in [3.8, 4) is 28.7 Å². The first kappa shape index (κ1) is 23.0. The molecular weight excluding hydrogens is 386 g/mol. The summed E-state index contributed by atoms with van der Waals surface area (Å²) in [6.07, 6.45) is -0.0724. The summed E-state index contributed by atoms with van der Waals surface area (Å²) in [6, 6.07) is 11.3. The monoisotopic (exact) mass is 417 g/mol. The molecular formula is C22H31N3O5. The third kappa shape index (κ3) is 6.37. The molecule has 0 bridgehead atoms. The molecule has 0 saturated carbocycles. The van der Waals surface area contributed by atoms with Gasteiger partial charge in [0.1, 0.15) is 17.6 Å². The highest BCUT2D eigenvalue weighted by Gasteiger charge is 2.13. The largest absolute Gasteiger partial charge is 0.497 e. The SMILES string of the molecule is CN=C(NCc1cc(OC)c(OC)c(OC)c1)NCC(C)Oc1cccc(OC)c1. The molecule has 1 atom stereocenters. The molecule has 2 rings (SSSR count). The summed E-state index contributed by atoms with van der Waals surface area (Å²) in [5, 5.41) is 6.54. The van der Waals surface area contributed by atoms with Gasteiger partial charge in [0.05, 0.1) is 35.0 Å². The van der Waals surface area contributed by atoms with Gasteiger partial charge < -0.3 is 34.3 Å². The van der Waals surface area contributed by atoms with Crippen molar-refractivity contribution < 1.29 is 23.7 Å². The van der Waals surface area contributed by atoms with Crippen LogP contribution in [0.25, 0.3) is 0 Å². The number of guanidine groups is 1. The fourth-order valence-electron chi connectivity index (χ4n) is 2.83. The molecule has 0 aliphatic carbocycles. The van der Waals surface area contributed by atoms with E-state index in [1.165, 1.54) is 0 Å². The van der Waals surface area contributed by atoms with Crippen molar-refractivity contribution in [3.05, 3.63) is 42.0 Å². The molecule has 0 amide bonds. The average molecular weight is 418 g/mol. The Morgan fingerprint density at radius 1 is 0.900 bits per heavy atom. The number of nitrogens with one attached hydrogen (secondary N) is 2. The summed E-state index contributed by atoms with van der Waals surface area (Å²) in [5.41, 5.74) is 0.966. The predicted octanol–water partition coefficient (Wildman–Crippen LogP) is 2.85. The number of benzene rings is 2. The van der Waals surface area contributed by atoms with E-state index in [2.05, 4.69) is 15.6 Å². The fourth-order valence-corrected chi connectivity index (χ4v) is 2.83. The molecule has 0 fully saturated rings. The fraction of sp³-hybridized carbons (Fsp3) is 0.409. The minimum absolute atomic E-state index is 0.0724. The predicted molar refractivity (Wildman–Crippen MR) is 117 cm³/mol. The molecule has 0 radical (unpaired) electrons. The van der Waals surface area contributed by atoms with Crippen molar-refractivity contribution in [2.45, 2.75) is 19.6 Å². The van der Waals surface area contributed by atoms with Gasteiger partial charge in [0, 0.05) is 19.7 Å². The molecule has 2 aromatic carbocycles. The highest BCUT2D eigenvalue weighted by Crippen LogP contribution is 2.38. The first-order valence-electron chi connectivity index (χ1n) is 9.58. The van der Waals surface area contributed by atoms with E-state index < -0.39 is 0 Å². The maximum Gasteiger partial charge on any atom is 0.203 e. The zero-order valence-electron chi connectivity index (χ0n) is 18.4. The Bertz CT molecular complexity index is 816. The minimum atomic E-state index is -0.0724. The molecule has 1 unspecified atom stereocenters. The van der Waals surface area contributed by atoms with E-state index in [-0.39, 0.29) is 6.10 Å². The van der Waals surface area contributed by atoms with Gasteiger partial charge in [-0.1, -0.05) is 6.07 Å². The van der Waals surface area contributed by atoms with Gasteiger partial charge in [-0.15, -0.1) is 0 Å². The van der Waals surface area contributed by atoms with Crippen molar-refractivity contribution in [3.63, 3.8) is 0 Å². The smallest absolute Gasteiger partial charge is 0.203 e. The third-order valence-corrected chi connectivity index (χ3v) is 4.34. The van der Waals surface area contributed by atoms with E-state index in [0.717, 1.165) is 17.1 Å². The number of rotatable bonds is 10. The average Bonchev–Trinajstić information content (AvgIpc) is 2.78. The third-order valence-electron chi connectivity index (χ3n) is 4.34.